The van der Waals surface area contributed by atoms with Crippen LogP contribution in [0.1, 0.15) is 0 Å². The lowest BCUT2D eigenvalue weighted by atomic mass is 9.87. The van der Waals surface area contributed by atoms with Crippen LogP contribution in [0.3, 0.4) is 0 Å². The van der Waals surface area contributed by atoms with Crippen molar-refractivity contribution in [3.63, 3.8) is 0 Å². The molecule has 5 heteroatoms. The minimum Gasteiger partial charge on any atom is -0.314 e. The van der Waals surface area contributed by atoms with E-state index in [4.69, 9.17) is 10.1 Å². The van der Waals surface area contributed by atoms with E-state index >= 15 is 0 Å². The molecule has 3 heterocycles. The minimum atomic E-state index is -2.72. The van der Waals surface area contributed by atoms with Crippen LogP contribution >= 0.6 is 7.14 Å². The molecule has 0 N–H and O–H groups in total. The number of hydrogen-bond donors (Lipinski definition) is 0. The smallest absolute Gasteiger partial charge is 0.182 e. The Morgan fingerprint density at radius 3 is 1.79 bits per heavy atom. The van der Waals surface area contributed by atoms with Gasteiger partial charge < -0.3 is 4.57 Å². The molecule has 0 aliphatic carbocycles. The molecular formula is C47H32N3OP. The molecule has 0 amide bonds. The van der Waals surface area contributed by atoms with E-state index < -0.39 is 7.14 Å². The number of hydrogen-bond acceptors (Lipinski definition) is 3. The van der Waals surface area contributed by atoms with Crippen LogP contribution in [0.2, 0.25) is 0 Å². The van der Waals surface area contributed by atoms with Gasteiger partial charge in [0, 0.05) is 39.1 Å². The Kier molecular flexibility index (Phi) is 6.96. The molecule has 246 valence electrons. The molecular weight excluding hydrogens is 654 g/mol. The zero-order valence-electron chi connectivity index (χ0n) is 28.4. The van der Waals surface area contributed by atoms with E-state index in [2.05, 4.69) is 140 Å². The minimum absolute atomic E-state index is 0.670. The first-order chi connectivity index (χ1) is 25.5. The van der Waals surface area contributed by atoms with Gasteiger partial charge in [0.25, 0.3) is 0 Å². The summed E-state index contributed by atoms with van der Waals surface area (Å²) in [5, 5.41) is 9.23. The topological polar surface area (TPSA) is 47.3 Å². The standard InChI is InChI=1S/C47H32N3OP/c1-52(51)43-21-11-10-19-39(43)45-38(20-12-22-44(45)52)42-28-36-18-9-8-17-35(36)27-40(42)33-23-25-34(26-24-33)46-48-47-41(32-15-6-3-7-16-32)29-37(30-50(47)49-46)31-13-4-2-5-14-31/h2-30H,1H3. The Morgan fingerprint density at radius 1 is 0.462 bits per heavy atom. The van der Waals surface area contributed by atoms with Crippen LogP contribution in [0.25, 0.3) is 83.4 Å². The summed E-state index contributed by atoms with van der Waals surface area (Å²) < 4.78 is 16.1. The molecule has 0 spiro atoms. The Balaban J connectivity index is 1.11. The number of rotatable bonds is 5. The third-order valence-electron chi connectivity index (χ3n) is 10.4. The molecule has 1 atom stereocenters. The molecule has 1 aliphatic heterocycles. The van der Waals surface area contributed by atoms with Gasteiger partial charge in [-0.2, -0.15) is 0 Å². The summed E-state index contributed by atoms with van der Waals surface area (Å²) >= 11 is 0. The molecule has 1 aliphatic rings. The average molecular weight is 686 g/mol. The number of pyridine rings is 1. The highest BCUT2D eigenvalue weighted by atomic mass is 31.2. The van der Waals surface area contributed by atoms with Crippen molar-refractivity contribution in [3.05, 3.63) is 176 Å². The quantitative estimate of drug-likeness (QED) is 0.169. The van der Waals surface area contributed by atoms with Crippen molar-refractivity contribution in [1.29, 1.82) is 0 Å². The van der Waals surface area contributed by atoms with Crippen LogP contribution in [0, 0.1) is 0 Å². The van der Waals surface area contributed by atoms with Gasteiger partial charge in [-0.15, -0.1) is 5.10 Å². The van der Waals surface area contributed by atoms with Gasteiger partial charge in [0.15, 0.2) is 11.5 Å². The van der Waals surface area contributed by atoms with E-state index in [1.165, 1.54) is 10.8 Å². The van der Waals surface area contributed by atoms with E-state index in [-0.39, 0.29) is 0 Å². The Labute approximate surface area is 302 Å². The van der Waals surface area contributed by atoms with Crippen LogP contribution < -0.4 is 10.6 Å². The number of fused-ring (bicyclic) bond motifs is 5. The maximum Gasteiger partial charge on any atom is 0.182 e. The number of nitrogens with zero attached hydrogens (tertiary/aromatic N) is 3. The maximum absolute atomic E-state index is 14.2. The highest BCUT2D eigenvalue weighted by Gasteiger charge is 2.36. The van der Waals surface area contributed by atoms with E-state index in [0.29, 0.717) is 5.82 Å². The molecule has 7 aromatic carbocycles. The van der Waals surface area contributed by atoms with Gasteiger partial charge in [-0.05, 0) is 74.6 Å². The molecule has 0 fully saturated rings. The highest BCUT2D eigenvalue weighted by Crippen LogP contribution is 2.53. The summed E-state index contributed by atoms with van der Waals surface area (Å²) in [7, 11) is -2.72. The van der Waals surface area contributed by atoms with Gasteiger partial charge in [-0.1, -0.05) is 152 Å². The molecule has 1 unspecified atom stereocenters. The second kappa shape index (κ2) is 11.9. The molecule has 4 nitrogen and oxygen atoms in total. The van der Waals surface area contributed by atoms with Crippen molar-refractivity contribution in [2.75, 3.05) is 6.66 Å². The van der Waals surface area contributed by atoms with E-state index in [9.17, 15) is 4.57 Å². The van der Waals surface area contributed by atoms with E-state index in [1.54, 1.807) is 0 Å². The largest absolute Gasteiger partial charge is 0.314 e. The van der Waals surface area contributed by atoms with Gasteiger partial charge in [0.2, 0.25) is 0 Å². The Bertz CT molecular complexity index is 2880. The van der Waals surface area contributed by atoms with Crippen molar-refractivity contribution in [3.8, 4) is 67.0 Å². The fraction of sp³-hybridized carbons (Fsp3) is 0.0213. The summed E-state index contributed by atoms with van der Waals surface area (Å²) in [6, 6.07) is 59.1. The summed E-state index contributed by atoms with van der Waals surface area (Å²) in [6.07, 6.45) is 2.06. The van der Waals surface area contributed by atoms with Gasteiger partial charge in [-0.3, -0.25) is 0 Å². The zero-order chi connectivity index (χ0) is 34.8. The molecule has 0 bridgehead atoms. The monoisotopic (exact) mass is 685 g/mol. The molecule has 10 rings (SSSR count). The first-order valence-electron chi connectivity index (χ1n) is 17.5. The summed E-state index contributed by atoms with van der Waals surface area (Å²) in [5.74, 6) is 0.670. The Morgan fingerprint density at radius 2 is 1.04 bits per heavy atom. The molecule has 52 heavy (non-hydrogen) atoms. The zero-order valence-corrected chi connectivity index (χ0v) is 29.3. The first kappa shape index (κ1) is 30.5. The van der Waals surface area contributed by atoms with Crippen LogP contribution in [0.5, 0.6) is 0 Å². The molecule has 0 saturated heterocycles. The number of aromatic nitrogens is 3. The van der Waals surface area contributed by atoms with E-state index in [0.717, 1.165) is 77.5 Å². The van der Waals surface area contributed by atoms with Crippen molar-refractivity contribution in [1.82, 2.24) is 14.6 Å². The maximum atomic E-state index is 14.2. The summed E-state index contributed by atoms with van der Waals surface area (Å²) in [5.41, 5.74) is 12.7. The first-order valence-corrected chi connectivity index (χ1v) is 19.6. The van der Waals surface area contributed by atoms with Gasteiger partial charge in [-0.25, -0.2) is 9.50 Å². The van der Waals surface area contributed by atoms with Gasteiger partial charge in [0.05, 0.1) is 0 Å². The van der Waals surface area contributed by atoms with Crippen molar-refractivity contribution in [2.24, 2.45) is 0 Å². The third-order valence-corrected chi connectivity index (χ3v) is 13.0. The second-order valence-corrected chi connectivity index (χ2v) is 16.4. The average Bonchev–Trinajstić information content (AvgIpc) is 3.74. The van der Waals surface area contributed by atoms with Crippen molar-refractivity contribution in [2.45, 2.75) is 0 Å². The molecule has 0 saturated carbocycles. The SMILES string of the molecule is CP1(=O)c2ccccc2-c2c(-c3cc4ccccc4cc3-c3ccc(-c4nc5c(-c6ccccc6)cc(-c6ccccc6)cn5n4)cc3)cccc21. The highest BCUT2D eigenvalue weighted by molar-refractivity contribution is 7.79. The lowest BCUT2D eigenvalue weighted by Crippen LogP contribution is -2.08. The normalized spacial score (nSPS) is 14.8. The fourth-order valence-electron chi connectivity index (χ4n) is 7.82. The molecule has 0 radical (unpaired) electrons. The fourth-order valence-corrected chi connectivity index (χ4v) is 10.1. The lowest BCUT2D eigenvalue weighted by Gasteiger charge is -2.17. The summed E-state index contributed by atoms with van der Waals surface area (Å²) in [6.45, 7) is 1.90. The van der Waals surface area contributed by atoms with Gasteiger partial charge >= 0.3 is 0 Å². The lowest BCUT2D eigenvalue weighted by molar-refractivity contribution is 0.591. The predicted molar refractivity (Wildman–Crippen MR) is 216 cm³/mol. The van der Waals surface area contributed by atoms with E-state index in [1.807, 2.05) is 47.6 Å². The second-order valence-electron chi connectivity index (χ2n) is 13.5. The van der Waals surface area contributed by atoms with Crippen LogP contribution in [-0.4, -0.2) is 21.3 Å². The predicted octanol–water partition coefficient (Wildman–Crippen LogP) is 11.1. The molecule has 2 aromatic heterocycles. The van der Waals surface area contributed by atoms with Gasteiger partial charge in [0.1, 0.15) is 7.14 Å². The van der Waals surface area contributed by atoms with Crippen molar-refractivity contribution >= 4 is 34.2 Å². The van der Waals surface area contributed by atoms with Crippen LogP contribution in [0.4, 0.5) is 0 Å². The summed E-state index contributed by atoms with van der Waals surface area (Å²) in [4.78, 5) is 5.10. The number of benzene rings is 7. The Hall–Kier alpha value is -6.35. The van der Waals surface area contributed by atoms with Crippen LogP contribution in [-0.2, 0) is 4.57 Å². The molecule has 9 aromatic rings. The van der Waals surface area contributed by atoms with Crippen molar-refractivity contribution < 1.29 is 4.57 Å². The third kappa shape index (κ3) is 4.87. The van der Waals surface area contributed by atoms with Crippen LogP contribution in [0.15, 0.2) is 176 Å².